The third-order valence-corrected chi connectivity index (χ3v) is 4.05. The molecular formula is C16H25NO. The maximum Gasteiger partial charge on any atom is 0.115 e. The van der Waals surface area contributed by atoms with Gasteiger partial charge in [0.2, 0.25) is 0 Å². The van der Waals surface area contributed by atoms with E-state index in [1.165, 1.54) is 37.7 Å². The average molecular weight is 247 g/mol. The third-order valence-electron chi connectivity index (χ3n) is 4.05. The molecule has 0 amide bonds. The fourth-order valence-electron chi connectivity index (χ4n) is 3.14. The zero-order chi connectivity index (χ0) is 12.8. The van der Waals surface area contributed by atoms with Crippen molar-refractivity contribution in [2.45, 2.75) is 51.5 Å². The van der Waals surface area contributed by atoms with Gasteiger partial charge in [0, 0.05) is 6.04 Å². The Morgan fingerprint density at radius 2 is 2.06 bits per heavy atom. The van der Waals surface area contributed by atoms with Gasteiger partial charge >= 0.3 is 0 Å². The molecular weight excluding hydrogens is 222 g/mol. The SMILES string of the molecule is CCNC(Cc1cccc(O)c1)C1CCCCC1. The summed E-state index contributed by atoms with van der Waals surface area (Å²) >= 11 is 0. The standard InChI is InChI=1S/C16H25NO/c1-2-17-16(14-8-4-3-5-9-14)12-13-7-6-10-15(18)11-13/h6-7,10-11,14,16-18H,2-5,8-9,12H2,1H3. The first-order valence-electron chi connectivity index (χ1n) is 7.31. The van der Waals surface area contributed by atoms with Crippen molar-refractivity contribution in [3.8, 4) is 5.75 Å². The Morgan fingerprint density at radius 3 is 2.72 bits per heavy atom. The summed E-state index contributed by atoms with van der Waals surface area (Å²) in [4.78, 5) is 0. The number of rotatable bonds is 5. The molecule has 1 atom stereocenters. The van der Waals surface area contributed by atoms with Gasteiger partial charge in [-0.1, -0.05) is 38.3 Å². The summed E-state index contributed by atoms with van der Waals surface area (Å²) < 4.78 is 0. The second-order valence-electron chi connectivity index (χ2n) is 5.44. The average Bonchev–Trinajstić information content (AvgIpc) is 2.39. The van der Waals surface area contributed by atoms with Crippen molar-refractivity contribution in [1.29, 1.82) is 0 Å². The number of aromatic hydroxyl groups is 1. The Kier molecular flexibility index (Phi) is 5.06. The minimum absolute atomic E-state index is 0.381. The van der Waals surface area contributed by atoms with E-state index in [9.17, 15) is 5.11 Å². The van der Waals surface area contributed by atoms with Crippen LogP contribution < -0.4 is 5.32 Å². The van der Waals surface area contributed by atoms with E-state index in [1.54, 1.807) is 6.07 Å². The highest BCUT2D eigenvalue weighted by molar-refractivity contribution is 5.27. The normalized spacial score (nSPS) is 18.7. The Bertz CT molecular complexity index is 358. The molecule has 1 aromatic carbocycles. The molecule has 0 saturated heterocycles. The van der Waals surface area contributed by atoms with Gasteiger partial charge in [-0.2, -0.15) is 0 Å². The van der Waals surface area contributed by atoms with Crippen LogP contribution >= 0.6 is 0 Å². The lowest BCUT2D eigenvalue weighted by atomic mass is 9.81. The van der Waals surface area contributed by atoms with E-state index in [0.717, 1.165) is 18.9 Å². The molecule has 1 unspecified atom stereocenters. The van der Waals surface area contributed by atoms with Crippen LogP contribution in [0.5, 0.6) is 5.75 Å². The molecule has 0 spiro atoms. The third kappa shape index (κ3) is 3.74. The van der Waals surface area contributed by atoms with E-state index in [2.05, 4.69) is 18.3 Å². The molecule has 2 nitrogen and oxygen atoms in total. The minimum Gasteiger partial charge on any atom is -0.508 e. The predicted octanol–water partition coefficient (Wildman–Crippen LogP) is 3.49. The van der Waals surface area contributed by atoms with Crippen molar-refractivity contribution in [1.82, 2.24) is 5.32 Å². The van der Waals surface area contributed by atoms with Crippen molar-refractivity contribution >= 4 is 0 Å². The first-order chi connectivity index (χ1) is 8.79. The maximum absolute atomic E-state index is 9.55. The Labute approximate surface area is 110 Å². The van der Waals surface area contributed by atoms with E-state index in [0.29, 0.717) is 11.8 Å². The van der Waals surface area contributed by atoms with Crippen LogP contribution in [0.3, 0.4) is 0 Å². The van der Waals surface area contributed by atoms with Gasteiger partial charge in [0.25, 0.3) is 0 Å². The first kappa shape index (κ1) is 13.4. The summed E-state index contributed by atoms with van der Waals surface area (Å²) in [6.45, 7) is 3.21. The van der Waals surface area contributed by atoms with Crippen molar-refractivity contribution < 1.29 is 5.11 Å². The molecule has 0 heterocycles. The van der Waals surface area contributed by atoms with Gasteiger partial charge in [-0.05, 0) is 49.4 Å². The van der Waals surface area contributed by atoms with Crippen molar-refractivity contribution in [3.05, 3.63) is 29.8 Å². The number of benzene rings is 1. The number of phenolic OH excluding ortho intramolecular Hbond substituents is 1. The van der Waals surface area contributed by atoms with E-state index in [4.69, 9.17) is 0 Å². The quantitative estimate of drug-likeness (QED) is 0.834. The zero-order valence-corrected chi connectivity index (χ0v) is 11.4. The molecule has 1 aliphatic rings. The number of hydrogen-bond acceptors (Lipinski definition) is 2. The predicted molar refractivity (Wildman–Crippen MR) is 75.9 cm³/mol. The van der Waals surface area contributed by atoms with Crippen LogP contribution in [-0.2, 0) is 6.42 Å². The lowest BCUT2D eigenvalue weighted by molar-refractivity contribution is 0.269. The van der Waals surface area contributed by atoms with Crippen molar-refractivity contribution in [2.24, 2.45) is 5.92 Å². The van der Waals surface area contributed by atoms with Crippen LogP contribution in [0.15, 0.2) is 24.3 Å². The van der Waals surface area contributed by atoms with E-state index in [1.807, 2.05) is 12.1 Å². The van der Waals surface area contributed by atoms with Gasteiger partial charge in [-0.25, -0.2) is 0 Å². The van der Waals surface area contributed by atoms with Crippen LogP contribution in [0.2, 0.25) is 0 Å². The van der Waals surface area contributed by atoms with Gasteiger partial charge in [-0.3, -0.25) is 0 Å². The molecule has 0 radical (unpaired) electrons. The minimum atomic E-state index is 0.381. The lowest BCUT2D eigenvalue weighted by Crippen LogP contribution is -2.38. The number of likely N-dealkylation sites (N-methyl/N-ethyl adjacent to an activating group) is 1. The fraction of sp³-hybridized carbons (Fsp3) is 0.625. The molecule has 2 rings (SSSR count). The van der Waals surface area contributed by atoms with Gasteiger partial charge in [0.05, 0.1) is 0 Å². The summed E-state index contributed by atoms with van der Waals surface area (Å²) in [6.07, 6.45) is 7.92. The van der Waals surface area contributed by atoms with E-state index >= 15 is 0 Å². The molecule has 2 N–H and O–H groups in total. The molecule has 1 fully saturated rings. The zero-order valence-electron chi connectivity index (χ0n) is 11.4. The number of phenols is 1. The van der Waals surface area contributed by atoms with Gasteiger partial charge < -0.3 is 10.4 Å². The number of hydrogen-bond donors (Lipinski definition) is 2. The van der Waals surface area contributed by atoms with Crippen LogP contribution in [0.4, 0.5) is 0 Å². The molecule has 1 aliphatic carbocycles. The summed E-state index contributed by atoms with van der Waals surface area (Å²) in [5, 5.41) is 13.2. The molecule has 0 bridgehead atoms. The highest BCUT2D eigenvalue weighted by atomic mass is 16.3. The molecule has 0 aliphatic heterocycles. The van der Waals surface area contributed by atoms with Crippen LogP contribution in [-0.4, -0.2) is 17.7 Å². The van der Waals surface area contributed by atoms with E-state index < -0.39 is 0 Å². The summed E-state index contributed by atoms with van der Waals surface area (Å²) in [5.74, 6) is 1.19. The summed E-state index contributed by atoms with van der Waals surface area (Å²) in [5.41, 5.74) is 1.24. The lowest BCUT2D eigenvalue weighted by Gasteiger charge is -2.31. The highest BCUT2D eigenvalue weighted by Gasteiger charge is 2.23. The summed E-state index contributed by atoms with van der Waals surface area (Å²) in [7, 11) is 0. The van der Waals surface area contributed by atoms with Gasteiger partial charge in [-0.15, -0.1) is 0 Å². The Balaban J connectivity index is 2.00. The molecule has 0 aromatic heterocycles. The molecule has 18 heavy (non-hydrogen) atoms. The fourth-order valence-corrected chi connectivity index (χ4v) is 3.14. The molecule has 1 saturated carbocycles. The number of nitrogens with one attached hydrogen (secondary N) is 1. The van der Waals surface area contributed by atoms with E-state index in [-0.39, 0.29) is 0 Å². The summed E-state index contributed by atoms with van der Waals surface area (Å²) in [6, 6.07) is 8.26. The topological polar surface area (TPSA) is 32.3 Å². The van der Waals surface area contributed by atoms with Crippen LogP contribution in [0, 0.1) is 5.92 Å². The maximum atomic E-state index is 9.55. The van der Waals surface area contributed by atoms with Crippen LogP contribution in [0.25, 0.3) is 0 Å². The van der Waals surface area contributed by atoms with Gasteiger partial charge in [0.1, 0.15) is 5.75 Å². The largest absolute Gasteiger partial charge is 0.508 e. The first-order valence-corrected chi connectivity index (χ1v) is 7.31. The molecule has 100 valence electrons. The van der Waals surface area contributed by atoms with Crippen molar-refractivity contribution in [2.75, 3.05) is 6.54 Å². The van der Waals surface area contributed by atoms with Gasteiger partial charge in [0.15, 0.2) is 0 Å². The monoisotopic (exact) mass is 247 g/mol. The second kappa shape index (κ2) is 6.79. The van der Waals surface area contributed by atoms with Crippen molar-refractivity contribution in [3.63, 3.8) is 0 Å². The Morgan fingerprint density at radius 1 is 1.28 bits per heavy atom. The molecule has 2 heteroatoms. The Hall–Kier alpha value is -1.02. The second-order valence-corrected chi connectivity index (χ2v) is 5.44. The highest BCUT2D eigenvalue weighted by Crippen LogP contribution is 2.28. The smallest absolute Gasteiger partial charge is 0.115 e. The molecule has 1 aromatic rings. The van der Waals surface area contributed by atoms with Crippen LogP contribution in [0.1, 0.15) is 44.6 Å².